The molecule has 0 aromatic heterocycles. The van der Waals surface area contributed by atoms with Gasteiger partial charge < -0.3 is 9.47 Å². The first-order valence-electron chi connectivity index (χ1n) is 11.8. The van der Waals surface area contributed by atoms with Crippen molar-refractivity contribution in [3.05, 3.63) is 36.4 Å². The molecule has 4 bridgehead atoms. The molecular weight excluding hydrogens is 376 g/mol. The molecule has 0 radical (unpaired) electrons. The Labute approximate surface area is 177 Å². The lowest BCUT2D eigenvalue weighted by Gasteiger charge is -2.53. The number of hydrogen-bond donors (Lipinski definition) is 0. The molecule has 1 aliphatic heterocycles. The second-order valence-corrected chi connectivity index (χ2v) is 12.1. The van der Waals surface area contributed by atoms with E-state index in [9.17, 15) is 0 Å². The average molecular weight is 410 g/mol. The van der Waals surface area contributed by atoms with Gasteiger partial charge in [0.15, 0.2) is 11.7 Å². The lowest BCUT2D eigenvalue weighted by molar-refractivity contribution is -0.154. The first-order chi connectivity index (χ1) is 14.3. The van der Waals surface area contributed by atoms with Gasteiger partial charge in [-0.3, -0.25) is 0 Å². The van der Waals surface area contributed by atoms with Crippen molar-refractivity contribution in [2.24, 2.45) is 23.7 Å². The number of rotatable bonds is 5. The Balaban J connectivity index is 1.17. The predicted octanol–water partition coefficient (Wildman–Crippen LogP) is 6.18. The fraction of sp³-hybridized carbons (Fsp3) is 0.615. The van der Waals surface area contributed by atoms with Crippen LogP contribution in [-0.4, -0.2) is 24.4 Å². The van der Waals surface area contributed by atoms with E-state index in [0.29, 0.717) is 23.8 Å². The average Bonchev–Trinajstić information content (AvgIpc) is 2.76. The summed E-state index contributed by atoms with van der Waals surface area (Å²) in [5.74, 6) is 7.29. The summed E-state index contributed by atoms with van der Waals surface area (Å²) >= 11 is 0. The maximum Gasteiger partial charge on any atom is 0.189 e. The summed E-state index contributed by atoms with van der Waals surface area (Å²) in [6.45, 7) is 0.405. The van der Waals surface area contributed by atoms with Crippen molar-refractivity contribution < 1.29 is 9.47 Å². The van der Waals surface area contributed by atoms with E-state index < -0.39 is 0 Å². The van der Waals surface area contributed by atoms with Crippen molar-refractivity contribution in [3.63, 3.8) is 0 Å². The molecule has 2 aromatic carbocycles. The highest BCUT2D eigenvalue weighted by Crippen LogP contribution is 2.54. The Morgan fingerprint density at radius 2 is 1.45 bits per heavy atom. The monoisotopic (exact) mass is 409 g/mol. The van der Waals surface area contributed by atoms with E-state index in [2.05, 4.69) is 36.4 Å². The molecule has 0 spiro atoms. The van der Waals surface area contributed by atoms with Crippen LogP contribution in [0.3, 0.4) is 0 Å². The molecule has 5 aliphatic rings. The SMILES string of the molecule is c1ccc2c([S+]3CCCCC3)ccc(OCOC3C4CC5CC(C4)CC3C5)c2c1. The summed E-state index contributed by atoms with van der Waals surface area (Å²) in [6, 6.07) is 13.4. The zero-order valence-electron chi connectivity index (χ0n) is 17.4. The molecule has 0 unspecified atom stereocenters. The molecule has 5 fully saturated rings. The number of ether oxygens (including phenoxy) is 2. The van der Waals surface area contributed by atoms with Crippen LogP contribution in [0.1, 0.15) is 51.4 Å². The maximum absolute atomic E-state index is 6.40. The minimum absolute atomic E-state index is 0.405. The molecule has 1 saturated heterocycles. The van der Waals surface area contributed by atoms with Crippen molar-refractivity contribution in [1.29, 1.82) is 0 Å². The summed E-state index contributed by atoms with van der Waals surface area (Å²) in [5, 5.41) is 2.65. The fourth-order valence-electron chi connectivity index (χ4n) is 7.00. The van der Waals surface area contributed by atoms with Crippen LogP contribution < -0.4 is 4.74 Å². The smallest absolute Gasteiger partial charge is 0.189 e. The summed E-state index contributed by atoms with van der Waals surface area (Å²) in [4.78, 5) is 1.55. The number of fused-ring (bicyclic) bond motifs is 1. The zero-order valence-corrected chi connectivity index (χ0v) is 18.2. The highest BCUT2D eigenvalue weighted by Gasteiger charge is 2.48. The van der Waals surface area contributed by atoms with Crippen LogP contribution in [0.5, 0.6) is 5.75 Å². The topological polar surface area (TPSA) is 18.5 Å². The van der Waals surface area contributed by atoms with Crippen molar-refractivity contribution in [2.75, 3.05) is 18.3 Å². The van der Waals surface area contributed by atoms with Gasteiger partial charge in [0.05, 0.1) is 6.10 Å². The minimum Gasteiger partial charge on any atom is -0.467 e. The Bertz CT molecular complexity index is 844. The first-order valence-corrected chi connectivity index (χ1v) is 13.3. The molecule has 0 amide bonds. The second kappa shape index (κ2) is 7.81. The molecule has 1 heterocycles. The quantitative estimate of drug-likeness (QED) is 0.434. The Morgan fingerprint density at radius 3 is 2.17 bits per heavy atom. The van der Waals surface area contributed by atoms with E-state index in [0.717, 1.165) is 29.4 Å². The molecule has 4 saturated carbocycles. The Hall–Kier alpha value is -1.19. The normalized spacial score (nSPS) is 34.0. The van der Waals surface area contributed by atoms with Crippen LogP contribution in [0.25, 0.3) is 10.8 Å². The van der Waals surface area contributed by atoms with Crippen LogP contribution in [0.15, 0.2) is 41.3 Å². The van der Waals surface area contributed by atoms with E-state index in [1.54, 1.807) is 4.90 Å². The summed E-state index contributed by atoms with van der Waals surface area (Å²) < 4.78 is 12.6. The van der Waals surface area contributed by atoms with Crippen LogP contribution in [0.4, 0.5) is 0 Å². The van der Waals surface area contributed by atoms with Gasteiger partial charge in [-0.2, -0.15) is 0 Å². The lowest BCUT2D eigenvalue weighted by atomic mass is 9.55. The molecule has 4 aliphatic carbocycles. The second-order valence-electron chi connectivity index (χ2n) is 9.89. The Kier molecular flexibility index (Phi) is 5.00. The predicted molar refractivity (Wildman–Crippen MR) is 121 cm³/mol. The van der Waals surface area contributed by atoms with Crippen molar-refractivity contribution in [2.45, 2.75) is 62.4 Å². The van der Waals surface area contributed by atoms with Crippen LogP contribution in [0, 0.1) is 23.7 Å². The van der Waals surface area contributed by atoms with Crippen LogP contribution in [-0.2, 0) is 15.6 Å². The third-order valence-electron chi connectivity index (χ3n) is 8.05. The molecule has 2 nitrogen and oxygen atoms in total. The maximum atomic E-state index is 6.40. The van der Waals surface area contributed by atoms with E-state index >= 15 is 0 Å². The van der Waals surface area contributed by atoms with Gasteiger partial charge in [-0.1, -0.05) is 18.2 Å². The van der Waals surface area contributed by atoms with Crippen LogP contribution in [0.2, 0.25) is 0 Å². The molecule has 2 aromatic rings. The van der Waals surface area contributed by atoms with Crippen LogP contribution >= 0.6 is 0 Å². The third-order valence-corrected chi connectivity index (χ3v) is 10.6. The van der Waals surface area contributed by atoms with Gasteiger partial charge in [0.1, 0.15) is 17.3 Å². The zero-order chi connectivity index (χ0) is 19.2. The summed E-state index contributed by atoms with van der Waals surface area (Å²) in [6.07, 6.45) is 11.7. The van der Waals surface area contributed by atoms with Gasteiger partial charge in [0.25, 0.3) is 0 Å². The summed E-state index contributed by atoms with van der Waals surface area (Å²) in [5.41, 5.74) is 0. The summed E-state index contributed by atoms with van der Waals surface area (Å²) in [7, 11) is 0.410. The van der Waals surface area contributed by atoms with Gasteiger partial charge >= 0.3 is 0 Å². The standard InChI is InChI=1S/C26H33O2S/c1-4-10-29(11-5-1)25-9-8-24(22-6-2-3-7-23(22)25)27-17-28-26-20-13-18-12-19(15-20)16-21(26)14-18/h2-3,6-9,18-21,26H,1,4-5,10-17H2/q+1. The number of benzene rings is 2. The molecule has 3 heteroatoms. The van der Waals surface area contributed by atoms with Gasteiger partial charge in [-0.15, -0.1) is 0 Å². The highest BCUT2D eigenvalue weighted by atomic mass is 32.2. The van der Waals surface area contributed by atoms with Crippen molar-refractivity contribution in [3.8, 4) is 5.75 Å². The third kappa shape index (κ3) is 3.49. The molecule has 7 rings (SSSR count). The molecule has 29 heavy (non-hydrogen) atoms. The van der Waals surface area contributed by atoms with Gasteiger partial charge in [0, 0.05) is 21.7 Å². The van der Waals surface area contributed by atoms with Gasteiger partial charge in [-0.05, 0) is 93.2 Å². The van der Waals surface area contributed by atoms with Crippen molar-refractivity contribution in [1.82, 2.24) is 0 Å². The van der Waals surface area contributed by atoms with Gasteiger partial charge in [0.2, 0.25) is 0 Å². The lowest BCUT2D eigenvalue weighted by Crippen LogP contribution is -2.49. The molecule has 154 valence electrons. The van der Waals surface area contributed by atoms with E-state index in [1.165, 1.54) is 73.6 Å². The van der Waals surface area contributed by atoms with E-state index in [-0.39, 0.29) is 0 Å². The largest absolute Gasteiger partial charge is 0.467 e. The fourth-order valence-corrected chi connectivity index (χ4v) is 9.49. The van der Waals surface area contributed by atoms with E-state index in [1.807, 2.05) is 0 Å². The molecule has 0 N–H and O–H groups in total. The highest BCUT2D eigenvalue weighted by molar-refractivity contribution is 7.97. The molecule has 0 atom stereocenters. The number of hydrogen-bond acceptors (Lipinski definition) is 2. The first kappa shape index (κ1) is 18.6. The minimum atomic E-state index is 0.405. The van der Waals surface area contributed by atoms with E-state index in [4.69, 9.17) is 9.47 Å². The Morgan fingerprint density at radius 1 is 0.759 bits per heavy atom. The van der Waals surface area contributed by atoms with Crippen molar-refractivity contribution >= 4 is 21.7 Å². The molecular formula is C26H33O2S+. The van der Waals surface area contributed by atoms with Gasteiger partial charge in [-0.25, -0.2) is 0 Å².